The van der Waals surface area contributed by atoms with Crippen LogP contribution in [-0.2, 0) is 10.9 Å². The van der Waals surface area contributed by atoms with Gasteiger partial charge in [0.2, 0.25) is 0 Å². The molecule has 0 aliphatic carbocycles. The Hall–Kier alpha value is 0.350. The minimum absolute atomic E-state index is 0.828. The van der Waals surface area contributed by atoms with Crippen LogP contribution in [0.25, 0.3) is 0 Å². The third kappa shape index (κ3) is 2.19. The van der Waals surface area contributed by atoms with Crippen molar-refractivity contribution < 1.29 is 0 Å². The summed E-state index contributed by atoms with van der Waals surface area (Å²) in [4.78, 5) is 0. The first-order chi connectivity index (χ1) is 4.84. The lowest BCUT2D eigenvalue weighted by Crippen LogP contribution is -2.16. The van der Waals surface area contributed by atoms with Crippen LogP contribution in [0.15, 0.2) is 0 Å². The van der Waals surface area contributed by atoms with Crippen molar-refractivity contribution in [2.75, 3.05) is 11.5 Å². The summed E-state index contributed by atoms with van der Waals surface area (Å²) in [5.74, 6) is 3.07. The fourth-order valence-electron chi connectivity index (χ4n) is 1.56. The summed E-state index contributed by atoms with van der Waals surface area (Å²) in [5, 5.41) is 1.06. The number of rotatable bonds is 3. The van der Waals surface area contributed by atoms with Gasteiger partial charge in [-0.25, -0.2) is 0 Å². The summed E-state index contributed by atoms with van der Waals surface area (Å²) in [6.45, 7) is 4.73. The van der Waals surface area contributed by atoms with E-state index in [1.165, 1.54) is 31.4 Å². The number of unbranched alkanes of at least 4 members (excludes halogenated alkanes) is 1. The highest BCUT2D eigenvalue weighted by atomic mass is 32.2. The van der Waals surface area contributed by atoms with E-state index in [2.05, 4.69) is 13.8 Å². The van der Waals surface area contributed by atoms with Crippen LogP contribution < -0.4 is 0 Å². The zero-order valence-corrected chi connectivity index (χ0v) is 8.04. The van der Waals surface area contributed by atoms with Crippen LogP contribution >= 0.6 is 0 Å². The molecule has 1 fully saturated rings. The molecule has 2 unspecified atom stereocenters. The van der Waals surface area contributed by atoms with Crippen LogP contribution in [0.5, 0.6) is 0 Å². The molecule has 2 atom stereocenters. The SMILES string of the molecule is CCCC[S+]1CCCC1C. The minimum Gasteiger partial charge on any atom is -0.0652 e. The van der Waals surface area contributed by atoms with E-state index >= 15 is 0 Å². The molecular formula is C9H19S+. The summed E-state index contributed by atoms with van der Waals surface area (Å²) in [6.07, 6.45) is 5.87. The van der Waals surface area contributed by atoms with Gasteiger partial charge in [-0.15, -0.1) is 0 Å². The molecule has 0 aromatic heterocycles. The van der Waals surface area contributed by atoms with Gasteiger partial charge in [0.25, 0.3) is 0 Å². The summed E-state index contributed by atoms with van der Waals surface area (Å²) >= 11 is 0. The van der Waals surface area contributed by atoms with Crippen molar-refractivity contribution in [3.8, 4) is 0 Å². The normalized spacial score (nSPS) is 33.0. The first-order valence-electron chi connectivity index (χ1n) is 4.51. The van der Waals surface area contributed by atoms with Crippen LogP contribution in [0.3, 0.4) is 0 Å². The van der Waals surface area contributed by atoms with Gasteiger partial charge >= 0.3 is 0 Å². The Labute approximate surface area is 67.7 Å². The van der Waals surface area contributed by atoms with E-state index in [0.29, 0.717) is 0 Å². The summed E-state index contributed by atoms with van der Waals surface area (Å²) in [7, 11) is 0.828. The molecule has 0 saturated carbocycles. The molecule has 0 bridgehead atoms. The Bertz CT molecular complexity index is 90.7. The first-order valence-corrected chi connectivity index (χ1v) is 6.13. The molecule has 0 aromatic rings. The molecular weight excluding hydrogens is 140 g/mol. The van der Waals surface area contributed by atoms with E-state index in [1.807, 2.05) is 0 Å². The highest BCUT2D eigenvalue weighted by Crippen LogP contribution is 2.22. The number of hydrogen-bond acceptors (Lipinski definition) is 0. The Morgan fingerprint density at radius 1 is 1.50 bits per heavy atom. The van der Waals surface area contributed by atoms with Gasteiger partial charge in [-0.05, 0) is 37.1 Å². The summed E-state index contributed by atoms with van der Waals surface area (Å²) in [6, 6.07) is 0. The average Bonchev–Trinajstić information content (AvgIpc) is 2.31. The maximum atomic E-state index is 2.44. The quantitative estimate of drug-likeness (QED) is 0.555. The van der Waals surface area contributed by atoms with E-state index in [-0.39, 0.29) is 0 Å². The maximum absolute atomic E-state index is 2.44. The van der Waals surface area contributed by atoms with E-state index in [0.717, 1.165) is 16.1 Å². The van der Waals surface area contributed by atoms with Gasteiger partial charge in [-0.1, -0.05) is 13.3 Å². The van der Waals surface area contributed by atoms with Crippen molar-refractivity contribution in [3.63, 3.8) is 0 Å². The molecule has 0 N–H and O–H groups in total. The summed E-state index contributed by atoms with van der Waals surface area (Å²) in [5.41, 5.74) is 0. The lowest BCUT2D eigenvalue weighted by atomic mass is 10.3. The zero-order chi connectivity index (χ0) is 7.40. The van der Waals surface area contributed by atoms with Gasteiger partial charge in [0.05, 0.1) is 0 Å². The van der Waals surface area contributed by atoms with Crippen LogP contribution in [0.1, 0.15) is 39.5 Å². The highest BCUT2D eigenvalue weighted by molar-refractivity contribution is 7.97. The topological polar surface area (TPSA) is 0 Å². The van der Waals surface area contributed by atoms with E-state index in [1.54, 1.807) is 5.75 Å². The van der Waals surface area contributed by atoms with E-state index < -0.39 is 0 Å². The Morgan fingerprint density at radius 3 is 2.80 bits per heavy atom. The first kappa shape index (κ1) is 8.45. The molecule has 0 spiro atoms. The third-order valence-electron chi connectivity index (χ3n) is 2.35. The van der Waals surface area contributed by atoms with Crippen LogP contribution in [0, 0.1) is 0 Å². The Balaban J connectivity index is 2.14. The molecule has 10 heavy (non-hydrogen) atoms. The van der Waals surface area contributed by atoms with Crippen LogP contribution in [0.2, 0.25) is 0 Å². The van der Waals surface area contributed by atoms with Crippen molar-refractivity contribution in [3.05, 3.63) is 0 Å². The van der Waals surface area contributed by atoms with Crippen molar-refractivity contribution in [2.45, 2.75) is 44.8 Å². The Kier molecular flexibility index (Phi) is 3.61. The van der Waals surface area contributed by atoms with Crippen LogP contribution in [0.4, 0.5) is 0 Å². The van der Waals surface area contributed by atoms with Gasteiger partial charge in [0.1, 0.15) is 16.8 Å². The standard InChI is InChI=1S/C9H19S/c1-3-4-7-10-8-5-6-9(10)2/h9H,3-8H2,1-2H3/q+1. The largest absolute Gasteiger partial charge is 0.115 e. The maximum Gasteiger partial charge on any atom is 0.115 e. The number of hydrogen-bond donors (Lipinski definition) is 0. The van der Waals surface area contributed by atoms with Crippen LogP contribution in [-0.4, -0.2) is 16.8 Å². The second kappa shape index (κ2) is 4.27. The third-order valence-corrected chi connectivity index (χ3v) is 5.35. The second-order valence-electron chi connectivity index (χ2n) is 3.25. The fraction of sp³-hybridized carbons (Fsp3) is 1.00. The molecule has 1 rings (SSSR count). The molecule has 1 saturated heterocycles. The lowest BCUT2D eigenvalue weighted by Gasteiger charge is -2.04. The highest BCUT2D eigenvalue weighted by Gasteiger charge is 2.31. The molecule has 1 aliphatic rings. The van der Waals surface area contributed by atoms with Gasteiger partial charge in [0.15, 0.2) is 0 Å². The molecule has 0 aromatic carbocycles. The van der Waals surface area contributed by atoms with E-state index in [4.69, 9.17) is 0 Å². The van der Waals surface area contributed by atoms with Gasteiger partial charge < -0.3 is 0 Å². The fourth-order valence-corrected chi connectivity index (χ4v) is 4.26. The Morgan fingerprint density at radius 2 is 2.30 bits per heavy atom. The average molecular weight is 159 g/mol. The molecule has 0 amide bonds. The second-order valence-corrected chi connectivity index (χ2v) is 5.95. The van der Waals surface area contributed by atoms with Gasteiger partial charge in [0, 0.05) is 0 Å². The van der Waals surface area contributed by atoms with Crippen molar-refractivity contribution >= 4 is 10.9 Å². The molecule has 0 radical (unpaired) electrons. The van der Waals surface area contributed by atoms with E-state index in [9.17, 15) is 0 Å². The molecule has 60 valence electrons. The molecule has 1 heterocycles. The molecule has 1 heteroatoms. The van der Waals surface area contributed by atoms with Crippen molar-refractivity contribution in [1.82, 2.24) is 0 Å². The molecule has 1 aliphatic heterocycles. The lowest BCUT2D eigenvalue weighted by molar-refractivity contribution is 0.833. The summed E-state index contributed by atoms with van der Waals surface area (Å²) < 4.78 is 0. The minimum atomic E-state index is 0.828. The zero-order valence-electron chi connectivity index (χ0n) is 7.23. The monoisotopic (exact) mass is 159 g/mol. The smallest absolute Gasteiger partial charge is 0.0652 e. The molecule has 0 nitrogen and oxygen atoms in total. The predicted molar refractivity (Wildman–Crippen MR) is 50.7 cm³/mol. The van der Waals surface area contributed by atoms with Gasteiger partial charge in [-0.2, -0.15) is 0 Å². The van der Waals surface area contributed by atoms with Crippen molar-refractivity contribution in [2.24, 2.45) is 0 Å². The van der Waals surface area contributed by atoms with Crippen molar-refractivity contribution in [1.29, 1.82) is 0 Å². The predicted octanol–water partition coefficient (Wildman–Crippen LogP) is 2.59. The van der Waals surface area contributed by atoms with Gasteiger partial charge in [-0.3, -0.25) is 0 Å².